The number of benzene rings is 6. The van der Waals surface area contributed by atoms with Gasteiger partial charge in [-0.1, -0.05) is 251 Å². The summed E-state index contributed by atoms with van der Waals surface area (Å²) in [6.45, 7) is 34.5. The Morgan fingerprint density at radius 1 is 0.466 bits per heavy atom. The van der Waals surface area contributed by atoms with Crippen molar-refractivity contribution in [3.8, 4) is 6.07 Å². The number of aryl methyl sites for hydroxylation is 1. The van der Waals surface area contributed by atoms with Crippen LogP contribution in [0.2, 0.25) is 98.2 Å². The van der Waals surface area contributed by atoms with Crippen molar-refractivity contribution in [1.29, 1.82) is 5.26 Å². The number of carboxylic acids is 2. The van der Waals surface area contributed by atoms with Crippen LogP contribution in [0.15, 0.2) is 114 Å². The van der Waals surface area contributed by atoms with E-state index in [1.807, 2.05) is 65.8 Å². The zero-order chi connectivity index (χ0) is 103. The molecule has 0 heterocycles. The van der Waals surface area contributed by atoms with Gasteiger partial charge in [0.25, 0.3) is 32.0 Å². The molecule has 1 radical (unpaired) electrons. The maximum absolute atomic E-state index is 13.1. The monoisotopic (exact) mass is 2420 g/mol. The summed E-state index contributed by atoms with van der Waals surface area (Å²) in [4.78, 5) is 87.5. The molecule has 0 bridgehead atoms. The van der Waals surface area contributed by atoms with Crippen LogP contribution in [0.1, 0.15) is 148 Å². The van der Waals surface area contributed by atoms with Gasteiger partial charge in [-0.25, -0.2) is 9.59 Å². The van der Waals surface area contributed by atoms with Crippen molar-refractivity contribution in [3.63, 3.8) is 0 Å². The summed E-state index contributed by atoms with van der Waals surface area (Å²) in [6, 6.07) is 19.9. The number of aldehydes is 1. The average Bonchev–Trinajstić information content (AvgIpc) is 0.819. The van der Waals surface area contributed by atoms with E-state index in [-0.39, 0.29) is 78.7 Å². The largest absolute Gasteiger partial charge is 0.478 e. The smallest absolute Gasteiger partial charge is 0.417 e. The van der Waals surface area contributed by atoms with Crippen molar-refractivity contribution < 1.29 is 161 Å². The first kappa shape index (κ1) is 133. The molecule has 10 N–H and O–H groups in total. The second-order valence-corrected chi connectivity index (χ2v) is 69.9. The van der Waals surface area contributed by atoms with Crippen molar-refractivity contribution in [1.82, 2.24) is 21.3 Å². The quantitative estimate of drug-likeness (QED) is 0.00532. The van der Waals surface area contributed by atoms with Crippen LogP contribution in [-0.2, 0) is 59.4 Å². The molecule has 6 rings (SSSR count). The van der Waals surface area contributed by atoms with Gasteiger partial charge in [0, 0.05) is 86.3 Å². The van der Waals surface area contributed by atoms with Gasteiger partial charge >= 0.3 is 49.0 Å². The van der Waals surface area contributed by atoms with Gasteiger partial charge < -0.3 is 47.6 Å². The Morgan fingerprint density at radius 3 is 0.924 bits per heavy atom. The number of alkyl halides is 27. The van der Waals surface area contributed by atoms with Crippen molar-refractivity contribution >= 4 is 210 Å². The number of rotatable bonds is 19. The molecule has 131 heavy (non-hydrogen) atoms. The number of nitrogens with zero attached hydrogens (tertiary/aromatic N) is 3. The summed E-state index contributed by atoms with van der Waals surface area (Å²) in [5, 5.41) is 61.0. The van der Waals surface area contributed by atoms with E-state index in [2.05, 4.69) is 129 Å². The zero-order valence-corrected chi connectivity index (χ0v) is 88.9. The average molecular weight is 2430 g/mol. The predicted molar refractivity (Wildman–Crippen MR) is 494 cm³/mol. The Hall–Kier alpha value is -6.14. The third-order valence-corrected chi connectivity index (χ3v) is 22.6. The second kappa shape index (κ2) is 58.4. The number of nitriles is 1. The Bertz CT molecular complexity index is 4770. The minimum atomic E-state index is -4.66. The van der Waals surface area contributed by atoms with Crippen LogP contribution in [-0.4, -0.2) is 154 Å². The molecule has 54 heteroatoms. The van der Waals surface area contributed by atoms with E-state index in [1.54, 1.807) is 0 Å². The number of aromatic carboxylic acids is 2. The molecule has 741 valence electrons. The number of amides is 4. The topological polar surface area (TPSA) is 354 Å². The molecule has 0 aliphatic carbocycles. The molecule has 0 saturated heterocycles. The number of carboxylic acid groups (broad SMARTS) is 2. The number of nitrogens with one attached hydrogen (secondary N) is 4. The summed E-state index contributed by atoms with van der Waals surface area (Å²) < 4.78 is 226. The molecule has 0 fully saturated rings. The van der Waals surface area contributed by atoms with Crippen molar-refractivity contribution in [3.05, 3.63) is 219 Å². The van der Waals surface area contributed by atoms with Gasteiger partial charge in [-0.2, -0.15) is 84.3 Å². The molecule has 4 amide bonds. The number of carbonyl (C=O) groups is 7. The first-order chi connectivity index (χ1) is 58.3. The van der Waals surface area contributed by atoms with Gasteiger partial charge in [0.2, 0.25) is 0 Å². The van der Waals surface area contributed by atoms with Crippen LogP contribution >= 0.6 is 122 Å². The number of hydrogen-bond acceptors (Lipinski definition) is 13. The van der Waals surface area contributed by atoms with E-state index < -0.39 is 179 Å². The van der Waals surface area contributed by atoms with E-state index in [4.69, 9.17) is 99.7 Å². The van der Waals surface area contributed by atoms with Crippen molar-refractivity contribution in [2.45, 2.75) is 160 Å². The van der Waals surface area contributed by atoms with Crippen LogP contribution in [0.25, 0.3) is 0 Å². The Kier molecular flexibility index (Phi) is 59.5. The molecule has 0 aromatic heterocycles. The van der Waals surface area contributed by atoms with Crippen LogP contribution in [0.3, 0.4) is 0 Å². The van der Waals surface area contributed by atoms with Crippen LogP contribution in [0.4, 0.5) is 79.0 Å². The molecule has 0 aliphatic rings. The number of halogens is 27. The molecular formula is C77H95AgBr4Cl5F18N8O13Si5. The maximum atomic E-state index is 13.1. The van der Waals surface area contributed by atoms with Crippen molar-refractivity contribution in [2.75, 3.05) is 36.7 Å². The van der Waals surface area contributed by atoms with Gasteiger partial charge in [-0.05, 0) is 109 Å². The maximum Gasteiger partial charge on any atom is 0.417 e. The first-order valence-electron chi connectivity index (χ1n) is 36.6. The summed E-state index contributed by atoms with van der Waals surface area (Å²) in [5.74, 6) is -4.17. The number of nitrogens with two attached hydrogens (primary N) is 1. The second-order valence-electron chi connectivity index (χ2n) is 32.3. The van der Waals surface area contributed by atoms with E-state index in [0.717, 1.165) is 72.7 Å². The number of oxime groups is 1. The Labute approximate surface area is 823 Å². The normalized spacial score (nSPS) is 11.7. The van der Waals surface area contributed by atoms with Crippen LogP contribution in [0.5, 0.6) is 0 Å². The SMILES string of the molecule is CCCl.C[Si](C)(C)CN.C[Si](C)(C)CNC(=O)c1ccc(/C=N/O)c(C(F)(F)F)c1.C[Si](C)(C)CNC(=O)c1ccc(C#N)c(C(F)(F)F)c1.C[Si](C)(C)CNC(=O)c1ccc(C(Br)Br)c(C(F)(F)F)c1.C[Si](C)(C)CNC(=O)c1ccc(C=O)c(C(F)(F)F)c1.Cc1ccc(C(=O)O)cc1C(F)(F)F.ClC(Cl)(Cl)Cl.O=C(O)c1ccc(C(Br)Br)c(C(F)(F)F)c1.O=[N+]([O-])O.[Ag]. The number of hydrogen-bond donors (Lipinski definition) is 9. The van der Waals surface area contributed by atoms with Gasteiger partial charge in [0.1, 0.15) is 0 Å². The minimum absolute atomic E-state index is 0. The van der Waals surface area contributed by atoms with E-state index in [1.165, 1.54) is 43.3 Å². The summed E-state index contributed by atoms with van der Waals surface area (Å²) in [7, 11) is -6.95. The molecule has 6 aromatic carbocycles. The molecule has 0 aliphatic heterocycles. The predicted octanol–water partition coefficient (Wildman–Crippen LogP) is 25.7. The summed E-state index contributed by atoms with van der Waals surface area (Å²) >= 11 is 36.3. The Morgan fingerprint density at radius 2 is 0.687 bits per heavy atom. The minimum Gasteiger partial charge on any atom is -0.478 e. The fraction of sp³-hybridized carbons (Fsp3) is 0.416. The fourth-order valence-electron chi connectivity index (χ4n) is 8.29. The van der Waals surface area contributed by atoms with Gasteiger partial charge in [0.05, 0.1) is 110 Å². The fourth-order valence-corrected chi connectivity index (χ4v) is 12.7. The van der Waals surface area contributed by atoms with Crippen molar-refractivity contribution in [2.24, 2.45) is 10.9 Å². The zero-order valence-electron chi connectivity index (χ0n) is 72.3. The molecule has 0 spiro atoms. The van der Waals surface area contributed by atoms with E-state index in [9.17, 15) is 113 Å². The summed E-state index contributed by atoms with van der Waals surface area (Å²) in [6.07, 6.45) is -23.9. The van der Waals surface area contributed by atoms with Crippen LogP contribution < -0.4 is 27.0 Å². The molecule has 6 aromatic rings. The molecule has 0 atom stereocenters. The summed E-state index contributed by atoms with van der Waals surface area (Å²) in [5.41, 5.74) is -2.75. The first-order valence-corrected chi connectivity index (χ1v) is 60.8. The van der Waals surface area contributed by atoms with Gasteiger partial charge in [-0.15, -0.1) is 21.7 Å². The molecule has 0 unspecified atom stereocenters. The number of carbonyl (C=O) groups excluding carboxylic acids is 5. The molecular weight excluding hydrogens is 2330 g/mol. The standard InChI is InChI=1S/C13H16Br2F3NOSi.C13H17F3N2O2Si.C13H15F3N2OSi.C13H16F3NO2Si.C9H5Br2F3O2.C9H7F3O2.C4H13NSi.C2H5Cl.CCl4.Ag.HNO3/c1-21(2,3)7-19-12(20)8-4-5-9(11(14)15)10(6-8)13(16,17)18;1-21(2,3)8-17-12(19)9-4-5-10(7-18-20)11(6-9)13(14,15)16;1-20(2,3)8-18-12(19)9-4-5-10(7-17)11(6-9)13(14,15)16;1-20(2,3)8-17-12(19)9-4-5-10(7-18)11(6-9)13(14,15)16;10-7(11)5-2-1-4(8(15)16)3-6(5)9(12,13)14;1-5-2-3-6(8(13)14)4-7(5)9(10,11)12;1-6(2,3)4-5;1-2-3;2-1(3,4)5;;2-1(3)4/h4-6,11H,7H2,1-3H3,(H,19,20);4-7,20H,8H2,1-3H3,(H,17,19);4-6H,8H2,1-3H3,(H,18,19);4-7H,8H2,1-3H3,(H,17,19);1-3,7H,(H,15,16);2-4H,1H3,(H,13,14);4-5H2,1-3H3;2H2,1H3;;;(H,2,3,4)/b;18-7+;;;;;;;;;. The third-order valence-electron chi connectivity index (χ3n) is 14.5. The van der Waals surface area contributed by atoms with Gasteiger partial charge in [-0.3, -0.25) is 24.0 Å². The van der Waals surface area contributed by atoms with E-state index in [0.29, 0.717) is 49.1 Å². The van der Waals surface area contributed by atoms with E-state index >= 15 is 0 Å². The van der Waals surface area contributed by atoms with Gasteiger partial charge in [0.15, 0.2) is 6.29 Å². The molecule has 21 nitrogen and oxygen atoms in total. The van der Waals surface area contributed by atoms with Crippen LogP contribution in [0, 0.1) is 28.4 Å². The molecule has 0 saturated carbocycles. The Balaban J connectivity index is -0.000000467. The third kappa shape index (κ3) is 60.9.